The van der Waals surface area contributed by atoms with Gasteiger partial charge in [-0.3, -0.25) is 9.48 Å². The van der Waals surface area contributed by atoms with Crippen LogP contribution >= 0.6 is 0 Å². The first kappa shape index (κ1) is 13.8. The van der Waals surface area contributed by atoms with Crippen LogP contribution in [0.15, 0.2) is 18.7 Å². The molecule has 2 aromatic rings. The zero-order chi connectivity index (χ0) is 14.8. The normalized spacial score (nSPS) is 19.0. The van der Waals surface area contributed by atoms with E-state index >= 15 is 0 Å². The first-order chi connectivity index (χ1) is 10.1. The summed E-state index contributed by atoms with van der Waals surface area (Å²) in [4.78, 5) is 18.4. The SMILES string of the molecule is Cc1cc(C)n(CC(=O)N2CCC[C@@H](n3cncn3)C2)n1. The standard InChI is InChI=1S/C14H20N6O/c1-11-6-12(2)19(17-11)8-14(21)18-5-3-4-13(7-18)20-10-15-9-16-20/h6,9-10,13H,3-5,7-8H2,1-2H3/t13-/m1/s1. The average Bonchev–Trinajstić information content (AvgIpc) is 3.09. The number of hydrogen-bond acceptors (Lipinski definition) is 4. The van der Waals surface area contributed by atoms with Crippen LogP contribution in [0.5, 0.6) is 0 Å². The summed E-state index contributed by atoms with van der Waals surface area (Å²) in [6.45, 7) is 5.73. The molecule has 0 bridgehead atoms. The van der Waals surface area contributed by atoms with Crippen LogP contribution in [0.3, 0.4) is 0 Å². The maximum atomic E-state index is 12.5. The third kappa shape index (κ3) is 2.96. The van der Waals surface area contributed by atoms with Crippen LogP contribution in [0, 0.1) is 13.8 Å². The lowest BCUT2D eigenvalue weighted by Crippen LogP contribution is -2.42. The van der Waals surface area contributed by atoms with E-state index in [1.807, 2.05) is 29.5 Å². The minimum Gasteiger partial charge on any atom is -0.339 e. The molecule has 0 N–H and O–H groups in total. The summed E-state index contributed by atoms with van der Waals surface area (Å²) in [7, 11) is 0. The lowest BCUT2D eigenvalue weighted by Gasteiger charge is -2.32. The van der Waals surface area contributed by atoms with Gasteiger partial charge in [0.05, 0.1) is 11.7 Å². The van der Waals surface area contributed by atoms with Crippen molar-refractivity contribution in [2.45, 2.75) is 39.3 Å². The van der Waals surface area contributed by atoms with Gasteiger partial charge in [0.2, 0.25) is 5.91 Å². The topological polar surface area (TPSA) is 68.8 Å². The van der Waals surface area contributed by atoms with Crippen molar-refractivity contribution in [1.29, 1.82) is 0 Å². The fourth-order valence-electron chi connectivity index (χ4n) is 2.87. The number of piperidine rings is 1. The molecular formula is C14H20N6O. The summed E-state index contributed by atoms with van der Waals surface area (Å²) in [6, 6.07) is 2.22. The minimum absolute atomic E-state index is 0.117. The van der Waals surface area contributed by atoms with Gasteiger partial charge in [-0.05, 0) is 32.8 Å². The molecule has 1 aliphatic heterocycles. The molecule has 7 heteroatoms. The van der Waals surface area contributed by atoms with E-state index in [2.05, 4.69) is 15.2 Å². The highest BCUT2D eigenvalue weighted by atomic mass is 16.2. The summed E-state index contributed by atoms with van der Waals surface area (Å²) in [5, 5.41) is 8.54. The van der Waals surface area contributed by atoms with Crippen molar-refractivity contribution < 1.29 is 4.79 Å². The predicted octanol–water partition coefficient (Wildman–Crippen LogP) is 0.955. The van der Waals surface area contributed by atoms with Gasteiger partial charge in [-0.25, -0.2) is 9.67 Å². The molecule has 21 heavy (non-hydrogen) atoms. The summed E-state index contributed by atoms with van der Waals surface area (Å²) in [5.74, 6) is 0.117. The lowest BCUT2D eigenvalue weighted by molar-refractivity contribution is -0.133. The first-order valence-corrected chi connectivity index (χ1v) is 7.26. The van der Waals surface area contributed by atoms with Crippen LogP contribution in [-0.4, -0.2) is 48.4 Å². The molecule has 3 heterocycles. The Morgan fingerprint density at radius 2 is 2.29 bits per heavy atom. The number of aryl methyl sites for hydroxylation is 2. The average molecular weight is 288 g/mol. The van der Waals surface area contributed by atoms with E-state index in [4.69, 9.17) is 0 Å². The quantitative estimate of drug-likeness (QED) is 0.843. The number of carbonyl (C=O) groups is 1. The number of hydrogen-bond donors (Lipinski definition) is 0. The van der Waals surface area contributed by atoms with E-state index < -0.39 is 0 Å². The van der Waals surface area contributed by atoms with Crippen molar-refractivity contribution in [3.05, 3.63) is 30.1 Å². The number of aromatic nitrogens is 5. The van der Waals surface area contributed by atoms with E-state index in [0.29, 0.717) is 13.1 Å². The molecule has 2 aromatic heterocycles. The van der Waals surface area contributed by atoms with Crippen molar-refractivity contribution in [3.63, 3.8) is 0 Å². The van der Waals surface area contributed by atoms with Crippen molar-refractivity contribution in [3.8, 4) is 0 Å². The van der Waals surface area contributed by atoms with Crippen LogP contribution < -0.4 is 0 Å². The Bertz CT molecular complexity index is 617. The van der Waals surface area contributed by atoms with Crippen molar-refractivity contribution >= 4 is 5.91 Å². The highest BCUT2D eigenvalue weighted by Crippen LogP contribution is 2.20. The van der Waals surface area contributed by atoms with Gasteiger partial charge in [0.1, 0.15) is 19.2 Å². The molecule has 0 radical (unpaired) electrons. The lowest BCUT2D eigenvalue weighted by atomic mass is 10.1. The van der Waals surface area contributed by atoms with Gasteiger partial charge in [-0.2, -0.15) is 10.2 Å². The third-order valence-electron chi connectivity index (χ3n) is 3.95. The van der Waals surface area contributed by atoms with Crippen molar-refractivity contribution in [2.24, 2.45) is 0 Å². The molecular weight excluding hydrogens is 268 g/mol. The zero-order valence-electron chi connectivity index (χ0n) is 12.4. The third-order valence-corrected chi connectivity index (χ3v) is 3.95. The summed E-state index contributed by atoms with van der Waals surface area (Å²) in [6.07, 6.45) is 5.29. The number of carbonyl (C=O) groups excluding carboxylic acids is 1. The second-order valence-corrected chi connectivity index (χ2v) is 5.60. The first-order valence-electron chi connectivity index (χ1n) is 7.26. The summed E-state index contributed by atoms with van der Waals surface area (Å²) >= 11 is 0. The molecule has 112 valence electrons. The molecule has 0 aliphatic carbocycles. The maximum Gasteiger partial charge on any atom is 0.244 e. The maximum absolute atomic E-state index is 12.5. The van der Waals surface area contributed by atoms with Gasteiger partial charge in [0, 0.05) is 18.8 Å². The van der Waals surface area contributed by atoms with Gasteiger partial charge in [-0.1, -0.05) is 0 Å². The van der Waals surface area contributed by atoms with Crippen molar-refractivity contribution in [1.82, 2.24) is 29.4 Å². The van der Waals surface area contributed by atoms with Gasteiger partial charge in [0.25, 0.3) is 0 Å². The van der Waals surface area contributed by atoms with Gasteiger partial charge in [-0.15, -0.1) is 0 Å². The Morgan fingerprint density at radius 3 is 2.95 bits per heavy atom. The van der Waals surface area contributed by atoms with E-state index in [0.717, 1.165) is 30.8 Å². The molecule has 0 unspecified atom stereocenters. The zero-order valence-corrected chi connectivity index (χ0v) is 12.4. The highest BCUT2D eigenvalue weighted by molar-refractivity contribution is 5.76. The molecule has 1 atom stereocenters. The molecule has 3 rings (SSSR count). The van der Waals surface area contributed by atoms with Crippen molar-refractivity contribution in [2.75, 3.05) is 13.1 Å². The minimum atomic E-state index is 0.117. The Labute approximate surface area is 123 Å². The Hall–Kier alpha value is -2.18. The second-order valence-electron chi connectivity index (χ2n) is 5.60. The number of amides is 1. The van der Waals surface area contributed by atoms with Crippen LogP contribution in [-0.2, 0) is 11.3 Å². The largest absolute Gasteiger partial charge is 0.339 e. The molecule has 1 aliphatic rings. The smallest absolute Gasteiger partial charge is 0.244 e. The van der Waals surface area contributed by atoms with E-state index in [1.165, 1.54) is 6.33 Å². The predicted molar refractivity (Wildman–Crippen MR) is 76.6 cm³/mol. The molecule has 1 fully saturated rings. The molecule has 1 saturated heterocycles. The monoisotopic (exact) mass is 288 g/mol. The molecule has 0 aromatic carbocycles. The van der Waals surface area contributed by atoms with Gasteiger partial charge in [0.15, 0.2) is 0 Å². The van der Waals surface area contributed by atoms with Crippen LogP contribution in [0.25, 0.3) is 0 Å². The Kier molecular flexibility index (Phi) is 3.72. The number of nitrogens with zero attached hydrogens (tertiary/aromatic N) is 6. The second kappa shape index (κ2) is 5.67. The van der Waals surface area contributed by atoms with Crippen LogP contribution in [0.1, 0.15) is 30.3 Å². The Morgan fingerprint density at radius 1 is 1.43 bits per heavy atom. The number of rotatable bonds is 3. The van der Waals surface area contributed by atoms with Gasteiger partial charge < -0.3 is 4.90 Å². The molecule has 0 spiro atoms. The van der Waals surface area contributed by atoms with Gasteiger partial charge >= 0.3 is 0 Å². The van der Waals surface area contributed by atoms with E-state index in [9.17, 15) is 4.79 Å². The molecule has 0 saturated carbocycles. The molecule has 7 nitrogen and oxygen atoms in total. The summed E-state index contributed by atoms with van der Waals surface area (Å²) < 4.78 is 3.62. The fraction of sp³-hybridized carbons (Fsp3) is 0.571. The fourth-order valence-corrected chi connectivity index (χ4v) is 2.87. The highest BCUT2D eigenvalue weighted by Gasteiger charge is 2.25. The van der Waals surface area contributed by atoms with E-state index in [1.54, 1.807) is 11.0 Å². The summed E-state index contributed by atoms with van der Waals surface area (Å²) in [5.41, 5.74) is 1.96. The van der Waals surface area contributed by atoms with Crippen LogP contribution in [0.4, 0.5) is 0 Å². The number of likely N-dealkylation sites (tertiary alicyclic amines) is 1. The molecule has 1 amide bonds. The van der Waals surface area contributed by atoms with Crippen LogP contribution in [0.2, 0.25) is 0 Å². The van der Waals surface area contributed by atoms with E-state index in [-0.39, 0.29) is 11.9 Å². The Balaban J connectivity index is 1.66.